The highest BCUT2D eigenvalue weighted by Gasteiger charge is 2.51. The van der Waals surface area contributed by atoms with Crippen molar-refractivity contribution in [3.8, 4) is 34.3 Å². The Morgan fingerprint density at radius 3 is 2.26 bits per heavy atom. The van der Waals surface area contributed by atoms with Crippen molar-refractivity contribution in [1.29, 1.82) is 5.26 Å². The van der Waals surface area contributed by atoms with Crippen LogP contribution in [-0.2, 0) is 36.7 Å². The van der Waals surface area contributed by atoms with E-state index in [9.17, 15) is 47.5 Å². The molecule has 2 aliphatic heterocycles. The number of hydrogen-bond donors (Lipinski definition) is 3. The van der Waals surface area contributed by atoms with E-state index in [4.69, 9.17) is 21.4 Å². The first-order valence-corrected chi connectivity index (χ1v) is 24.2. The summed E-state index contributed by atoms with van der Waals surface area (Å²) in [6, 6.07) is 20.7. The number of β-amino-alcohol motifs (C(OH)–C–C–N with tert-alkyl or cyclic N) is 1. The number of anilines is 2. The number of ether oxygens (including phenoxy) is 1. The van der Waals surface area contributed by atoms with E-state index in [0.29, 0.717) is 35.1 Å². The number of aromatic nitrogens is 1. The van der Waals surface area contributed by atoms with Crippen LogP contribution in [0.2, 0.25) is 0 Å². The van der Waals surface area contributed by atoms with Gasteiger partial charge in [-0.3, -0.25) is 28.9 Å². The van der Waals surface area contributed by atoms with Gasteiger partial charge in [0.05, 0.1) is 47.0 Å². The molecule has 0 unspecified atom stereocenters. The maximum Gasteiger partial charge on any atom is 0.417 e. The number of carbonyl (C=O) groups excluding carboxylic acids is 5. The summed E-state index contributed by atoms with van der Waals surface area (Å²) in [5, 5.41) is 25.2. The summed E-state index contributed by atoms with van der Waals surface area (Å²) in [7, 11) is 0. The molecule has 388 valence electrons. The van der Waals surface area contributed by atoms with Gasteiger partial charge in [-0.1, -0.05) is 63.2 Å². The average Bonchev–Trinajstić information content (AvgIpc) is 4.02. The van der Waals surface area contributed by atoms with Crippen LogP contribution in [0.3, 0.4) is 0 Å². The predicted molar refractivity (Wildman–Crippen MR) is 270 cm³/mol. The Hall–Kier alpha value is -7.50. The first kappa shape index (κ1) is 54.3. The number of rotatable bonds is 17. The number of aliphatic hydroxyl groups excluding tert-OH is 1. The number of alkyl halides is 3. The molecular formula is C54H55F4N7O8S. The first-order chi connectivity index (χ1) is 34.9. The van der Waals surface area contributed by atoms with Crippen LogP contribution in [0.15, 0.2) is 95.7 Å². The maximum absolute atomic E-state index is 15.9. The highest BCUT2D eigenvalue weighted by molar-refractivity contribution is 7.81. The molecule has 0 spiro atoms. The minimum atomic E-state index is -4.88. The summed E-state index contributed by atoms with van der Waals surface area (Å²) in [5.74, 6) is -1.99. The van der Waals surface area contributed by atoms with Crippen molar-refractivity contribution in [2.45, 2.75) is 110 Å². The number of carbonyl (C=O) groups is 5. The van der Waals surface area contributed by atoms with Crippen LogP contribution in [0.5, 0.6) is 5.75 Å². The molecule has 0 aliphatic carbocycles. The van der Waals surface area contributed by atoms with Crippen LogP contribution < -0.4 is 25.2 Å². The van der Waals surface area contributed by atoms with Crippen LogP contribution in [0, 0.1) is 29.5 Å². The Morgan fingerprint density at radius 1 is 0.959 bits per heavy atom. The summed E-state index contributed by atoms with van der Waals surface area (Å²) in [5.41, 5.74) is -0.962. The number of aryl methyl sites for hydroxylation is 1. The SMILES string of the molecule is Cc1ncoc1-c1ccc(CNC(=O)[C@@H]2C[C@@H](O)CN2C(=O)[C@@H](NC(=O)CCC(=O)CCCOc2ccc(-c3ccc(N4C(=S)N(c5ccc(C#N)c(C(F)(F)F)c5)C(=O)C4(C)C)c(F)c3)cc2)C(C)(C)C)cc1. The van der Waals surface area contributed by atoms with Crippen LogP contribution in [-0.4, -0.2) is 86.4 Å². The van der Waals surface area contributed by atoms with Gasteiger partial charge in [-0.25, -0.2) is 9.37 Å². The molecule has 15 nitrogen and oxygen atoms in total. The zero-order valence-electron chi connectivity index (χ0n) is 41.5. The van der Waals surface area contributed by atoms with Crippen molar-refractivity contribution in [2.24, 2.45) is 5.41 Å². The standard InChI is InChI=1S/C54H55F4N7O8S/c1-31-46(73-30-61-31)34-11-9-32(10-12-34)28-60-48(69)44-26-39(67)29-63(44)49(70)47(52(2,3)4)62-45(68)22-18-38(66)8-7-23-72-40-19-14-33(15-20-40)35-16-21-43(42(55)24-35)65-51(74)64(50(71)53(65,5)6)37-17-13-36(27-59)41(25-37)54(56,57)58/h9-17,19-21,24-25,30,39,44,47,67H,7-8,18,22-23,26,28-29H2,1-6H3,(H,60,69)(H,62,68)/t39-,44+,47-/m1/s1. The van der Waals surface area contributed by atoms with E-state index in [-0.39, 0.29) is 67.7 Å². The van der Waals surface area contributed by atoms with Gasteiger partial charge in [0, 0.05) is 44.3 Å². The van der Waals surface area contributed by atoms with Gasteiger partial charge in [-0.15, -0.1) is 0 Å². The van der Waals surface area contributed by atoms with Gasteiger partial charge in [0.1, 0.15) is 35.0 Å². The van der Waals surface area contributed by atoms with E-state index in [1.54, 1.807) is 51.1 Å². The lowest BCUT2D eigenvalue weighted by atomic mass is 9.85. The van der Waals surface area contributed by atoms with Crippen molar-refractivity contribution >= 4 is 58.1 Å². The molecule has 4 aromatic carbocycles. The molecule has 74 heavy (non-hydrogen) atoms. The molecule has 0 radical (unpaired) electrons. The number of nitriles is 1. The number of aliphatic hydroxyl groups is 1. The maximum atomic E-state index is 15.9. The number of Topliss-reactive ketones (excluding diaryl/α,β-unsaturated/α-hetero) is 1. The largest absolute Gasteiger partial charge is 0.494 e. The minimum absolute atomic E-state index is 0.0297. The summed E-state index contributed by atoms with van der Waals surface area (Å²) < 4.78 is 68.6. The lowest BCUT2D eigenvalue weighted by Gasteiger charge is -2.35. The smallest absolute Gasteiger partial charge is 0.417 e. The summed E-state index contributed by atoms with van der Waals surface area (Å²) in [6.07, 6.45) is -4.21. The second kappa shape index (κ2) is 21.9. The van der Waals surface area contributed by atoms with Crippen LogP contribution in [0.25, 0.3) is 22.5 Å². The van der Waals surface area contributed by atoms with E-state index in [2.05, 4.69) is 15.6 Å². The van der Waals surface area contributed by atoms with Gasteiger partial charge in [-0.05, 0) is 104 Å². The quantitative estimate of drug-likeness (QED) is 0.0456. The Bertz CT molecular complexity index is 3000. The van der Waals surface area contributed by atoms with Gasteiger partial charge in [0.15, 0.2) is 17.3 Å². The zero-order valence-corrected chi connectivity index (χ0v) is 42.3. The molecule has 20 heteroatoms. The highest BCUT2D eigenvalue weighted by atomic mass is 32.1. The van der Waals surface area contributed by atoms with E-state index in [1.165, 1.54) is 54.3 Å². The average molecular weight is 1040 g/mol. The fraction of sp³-hybridized carbons (Fsp3) is 0.370. The van der Waals surface area contributed by atoms with Crippen molar-refractivity contribution in [2.75, 3.05) is 23.0 Å². The third-order valence-corrected chi connectivity index (χ3v) is 13.3. The normalized spacial score (nSPS) is 17.0. The Kier molecular flexibility index (Phi) is 16.1. The Labute approximate surface area is 430 Å². The van der Waals surface area contributed by atoms with E-state index in [1.807, 2.05) is 31.2 Å². The molecule has 2 aliphatic rings. The molecule has 0 saturated carbocycles. The number of nitrogens with zero attached hydrogens (tertiary/aromatic N) is 5. The number of benzene rings is 4. The van der Waals surface area contributed by atoms with Gasteiger partial charge in [-0.2, -0.15) is 18.4 Å². The zero-order chi connectivity index (χ0) is 53.9. The number of halogens is 4. The molecule has 3 atom stereocenters. The van der Waals surface area contributed by atoms with Crippen molar-refractivity contribution in [1.82, 2.24) is 20.5 Å². The lowest BCUT2D eigenvalue weighted by molar-refractivity contribution is -0.144. The van der Waals surface area contributed by atoms with Crippen LogP contribution in [0.1, 0.15) is 89.1 Å². The van der Waals surface area contributed by atoms with E-state index >= 15 is 4.39 Å². The fourth-order valence-electron chi connectivity index (χ4n) is 8.89. The highest BCUT2D eigenvalue weighted by Crippen LogP contribution is 2.41. The predicted octanol–water partition coefficient (Wildman–Crippen LogP) is 8.58. The number of ketones is 1. The lowest BCUT2D eigenvalue weighted by Crippen LogP contribution is -2.57. The molecule has 0 bridgehead atoms. The van der Waals surface area contributed by atoms with Gasteiger partial charge in [0.2, 0.25) is 17.7 Å². The monoisotopic (exact) mass is 1040 g/mol. The molecular weight excluding hydrogens is 983 g/mol. The van der Waals surface area contributed by atoms with Gasteiger partial charge < -0.3 is 34.7 Å². The third kappa shape index (κ3) is 12.0. The molecule has 3 N–H and O–H groups in total. The molecule has 1 aromatic heterocycles. The molecule has 2 fully saturated rings. The Morgan fingerprint density at radius 2 is 1.64 bits per heavy atom. The molecule has 7 rings (SSSR count). The summed E-state index contributed by atoms with van der Waals surface area (Å²) in [4.78, 5) is 74.7. The molecule has 3 heterocycles. The molecule has 4 amide bonds. The van der Waals surface area contributed by atoms with E-state index < -0.39 is 75.9 Å². The number of thiocarbonyl (C=S) groups is 1. The topological polar surface area (TPSA) is 198 Å². The number of oxazole rings is 1. The molecule has 2 saturated heterocycles. The van der Waals surface area contributed by atoms with Gasteiger partial charge >= 0.3 is 6.18 Å². The number of amides is 4. The van der Waals surface area contributed by atoms with E-state index in [0.717, 1.165) is 27.8 Å². The third-order valence-electron chi connectivity index (χ3n) is 12.9. The van der Waals surface area contributed by atoms with Crippen LogP contribution in [0.4, 0.5) is 28.9 Å². The van der Waals surface area contributed by atoms with Crippen LogP contribution >= 0.6 is 12.2 Å². The number of nitrogens with one attached hydrogen (secondary N) is 2. The second-order valence-electron chi connectivity index (χ2n) is 19.8. The number of hydrogen-bond acceptors (Lipinski definition) is 11. The fourth-order valence-corrected chi connectivity index (χ4v) is 9.41. The van der Waals surface area contributed by atoms with Gasteiger partial charge in [0.25, 0.3) is 5.91 Å². The van der Waals surface area contributed by atoms with Crippen molar-refractivity contribution in [3.63, 3.8) is 0 Å². The van der Waals surface area contributed by atoms with Crippen molar-refractivity contribution in [3.05, 3.63) is 120 Å². The molecule has 5 aromatic rings. The minimum Gasteiger partial charge on any atom is -0.494 e. The Balaban J connectivity index is 0.868. The number of likely N-dealkylation sites (tertiary alicyclic amines) is 1. The second-order valence-corrected chi connectivity index (χ2v) is 20.1. The summed E-state index contributed by atoms with van der Waals surface area (Å²) in [6.45, 7) is 10.4. The first-order valence-electron chi connectivity index (χ1n) is 23.8. The summed E-state index contributed by atoms with van der Waals surface area (Å²) >= 11 is 5.56. The van der Waals surface area contributed by atoms with Crippen molar-refractivity contribution < 1.29 is 55.8 Å².